The third-order valence-corrected chi connectivity index (χ3v) is 3.42. The largest absolute Gasteiger partial charge is 0.486 e. The topological polar surface area (TPSA) is 52.8 Å². The molecule has 0 fully saturated rings. The van der Waals surface area contributed by atoms with Crippen LogP contribution in [0.4, 0.5) is 0 Å². The van der Waals surface area contributed by atoms with Gasteiger partial charge in [0.05, 0.1) is 10.9 Å². The zero-order valence-electron chi connectivity index (χ0n) is 10.9. The minimum Gasteiger partial charge on any atom is -0.486 e. The number of pyridine rings is 1. The van der Waals surface area contributed by atoms with Gasteiger partial charge in [0.1, 0.15) is 18.9 Å². The van der Waals surface area contributed by atoms with Crippen molar-refractivity contribution in [2.24, 2.45) is 0 Å². The van der Waals surface area contributed by atoms with Gasteiger partial charge in [-0.05, 0) is 24.6 Å². The summed E-state index contributed by atoms with van der Waals surface area (Å²) in [6, 6.07) is 7.26. The summed E-state index contributed by atoms with van der Waals surface area (Å²) in [5.74, 6) is 1.25. The van der Waals surface area contributed by atoms with Crippen molar-refractivity contribution in [2.45, 2.75) is 6.92 Å². The molecule has 20 heavy (non-hydrogen) atoms. The second-order valence-electron chi connectivity index (χ2n) is 4.86. The maximum atomic E-state index is 12.6. The van der Waals surface area contributed by atoms with E-state index in [-0.39, 0.29) is 5.56 Å². The van der Waals surface area contributed by atoms with Gasteiger partial charge in [0.25, 0.3) is 5.56 Å². The Bertz CT molecular complexity index is 899. The molecule has 0 aliphatic carbocycles. The fourth-order valence-corrected chi connectivity index (χ4v) is 2.45. The number of aryl methyl sites for hydroxylation is 1. The summed E-state index contributed by atoms with van der Waals surface area (Å²) in [4.78, 5) is 17.1. The SMILES string of the molecule is Cc1ccc2nc3cc4c(cc3c(=O)n2c1)OCCO4. The molecule has 100 valence electrons. The molecule has 0 bridgehead atoms. The van der Waals surface area contributed by atoms with Crippen LogP contribution in [0.3, 0.4) is 0 Å². The summed E-state index contributed by atoms with van der Waals surface area (Å²) in [5, 5.41) is 0.539. The van der Waals surface area contributed by atoms with Gasteiger partial charge in [-0.2, -0.15) is 0 Å². The van der Waals surface area contributed by atoms with Gasteiger partial charge in [0.15, 0.2) is 11.5 Å². The zero-order chi connectivity index (χ0) is 13.7. The van der Waals surface area contributed by atoms with Crippen LogP contribution >= 0.6 is 0 Å². The molecule has 1 aromatic carbocycles. The molecule has 5 nitrogen and oxygen atoms in total. The molecule has 0 saturated carbocycles. The maximum absolute atomic E-state index is 12.6. The smallest absolute Gasteiger partial charge is 0.265 e. The molecular weight excluding hydrogens is 256 g/mol. The first kappa shape index (κ1) is 11.3. The fraction of sp³-hybridized carbons (Fsp3) is 0.200. The first-order valence-corrected chi connectivity index (χ1v) is 6.45. The molecular formula is C15H12N2O3. The first-order valence-electron chi connectivity index (χ1n) is 6.45. The average molecular weight is 268 g/mol. The van der Waals surface area contributed by atoms with E-state index in [1.165, 1.54) is 0 Å². The average Bonchev–Trinajstić information content (AvgIpc) is 2.47. The lowest BCUT2D eigenvalue weighted by molar-refractivity contribution is 0.172. The van der Waals surface area contributed by atoms with Crippen LogP contribution in [0.2, 0.25) is 0 Å². The van der Waals surface area contributed by atoms with Gasteiger partial charge in [0, 0.05) is 12.3 Å². The maximum Gasteiger partial charge on any atom is 0.265 e. The molecule has 3 heterocycles. The van der Waals surface area contributed by atoms with Gasteiger partial charge in [-0.1, -0.05) is 6.07 Å². The molecule has 0 atom stereocenters. The van der Waals surface area contributed by atoms with Crippen molar-refractivity contribution in [1.29, 1.82) is 0 Å². The highest BCUT2D eigenvalue weighted by Gasteiger charge is 2.15. The molecule has 0 spiro atoms. The van der Waals surface area contributed by atoms with E-state index in [0.29, 0.717) is 41.3 Å². The predicted molar refractivity (Wildman–Crippen MR) is 74.7 cm³/mol. The van der Waals surface area contributed by atoms with E-state index >= 15 is 0 Å². The summed E-state index contributed by atoms with van der Waals surface area (Å²) < 4.78 is 12.6. The Morgan fingerprint density at radius 1 is 1.15 bits per heavy atom. The Morgan fingerprint density at radius 3 is 2.70 bits per heavy atom. The van der Waals surface area contributed by atoms with Crippen molar-refractivity contribution >= 4 is 16.6 Å². The van der Waals surface area contributed by atoms with E-state index < -0.39 is 0 Å². The Balaban J connectivity index is 2.13. The van der Waals surface area contributed by atoms with E-state index in [4.69, 9.17) is 9.47 Å². The van der Waals surface area contributed by atoms with Crippen molar-refractivity contribution in [3.05, 3.63) is 46.4 Å². The molecule has 1 aliphatic rings. The number of hydrogen-bond acceptors (Lipinski definition) is 4. The van der Waals surface area contributed by atoms with Gasteiger partial charge < -0.3 is 9.47 Å². The second kappa shape index (κ2) is 3.96. The third kappa shape index (κ3) is 1.56. The summed E-state index contributed by atoms with van der Waals surface area (Å²) in [6.45, 7) is 2.96. The monoisotopic (exact) mass is 268 g/mol. The van der Waals surface area contributed by atoms with Crippen LogP contribution in [0.5, 0.6) is 11.5 Å². The normalized spacial score (nSPS) is 13.8. The van der Waals surface area contributed by atoms with Crippen molar-refractivity contribution in [3.8, 4) is 11.5 Å². The first-order chi connectivity index (χ1) is 9.72. The van der Waals surface area contributed by atoms with Crippen LogP contribution in [0.1, 0.15) is 5.56 Å². The zero-order valence-corrected chi connectivity index (χ0v) is 10.9. The van der Waals surface area contributed by atoms with Crippen LogP contribution in [0.25, 0.3) is 16.6 Å². The Labute approximate surface area is 114 Å². The molecule has 0 saturated heterocycles. The third-order valence-electron chi connectivity index (χ3n) is 3.42. The Kier molecular flexibility index (Phi) is 2.24. The summed E-state index contributed by atoms with van der Waals surface area (Å²) in [5.41, 5.74) is 2.18. The van der Waals surface area contributed by atoms with Crippen LogP contribution in [-0.2, 0) is 0 Å². The Hall–Kier alpha value is -2.56. The van der Waals surface area contributed by atoms with Gasteiger partial charge in [-0.25, -0.2) is 4.98 Å². The molecule has 3 aromatic rings. The number of aromatic nitrogens is 2. The van der Waals surface area contributed by atoms with Gasteiger partial charge in [0.2, 0.25) is 0 Å². The van der Waals surface area contributed by atoms with Crippen LogP contribution < -0.4 is 15.0 Å². The lowest BCUT2D eigenvalue weighted by atomic mass is 10.2. The molecule has 0 N–H and O–H groups in total. The molecule has 2 aromatic heterocycles. The molecule has 0 amide bonds. The van der Waals surface area contributed by atoms with Gasteiger partial charge >= 0.3 is 0 Å². The summed E-state index contributed by atoms with van der Waals surface area (Å²) in [7, 11) is 0. The van der Waals surface area contributed by atoms with E-state index in [1.807, 2.05) is 19.1 Å². The predicted octanol–water partition coefficient (Wildman–Crippen LogP) is 1.93. The number of rotatable bonds is 0. The lowest BCUT2D eigenvalue weighted by Crippen LogP contribution is -2.18. The van der Waals surface area contributed by atoms with Crippen LogP contribution in [0.15, 0.2) is 35.3 Å². The number of fused-ring (bicyclic) bond motifs is 3. The van der Waals surface area contributed by atoms with Crippen molar-refractivity contribution < 1.29 is 9.47 Å². The highest BCUT2D eigenvalue weighted by molar-refractivity contribution is 5.83. The standard InChI is InChI=1S/C15H12N2O3/c1-9-2-3-14-16-11-7-13-12(19-4-5-20-13)6-10(11)15(18)17(14)8-9/h2-3,6-8H,4-5H2,1H3. The van der Waals surface area contributed by atoms with Gasteiger partial charge in [-0.15, -0.1) is 0 Å². The highest BCUT2D eigenvalue weighted by atomic mass is 16.6. The minimum absolute atomic E-state index is 0.0920. The van der Waals surface area contributed by atoms with E-state index in [9.17, 15) is 4.79 Å². The van der Waals surface area contributed by atoms with Crippen LogP contribution in [-0.4, -0.2) is 22.6 Å². The molecule has 0 unspecified atom stereocenters. The molecule has 4 rings (SSSR count). The quantitative estimate of drug-likeness (QED) is 0.585. The number of nitrogens with zero attached hydrogens (tertiary/aromatic N) is 2. The Morgan fingerprint density at radius 2 is 1.90 bits per heavy atom. The van der Waals surface area contributed by atoms with E-state index in [1.54, 1.807) is 22.7 Å². The van der Waals surface area contributed by atoms with E-state index in [0.717, 1.165) is 5.56 Å². The van der Waals surface area contributed by atoms with Gasteiger partial charge in [-0.3, -0.25) is 9.20 Å². The number of hydrogen-bond donors (Lipinski definition) is 0. The number of benzene rings is 1. The van der Waals surface area contributed by atoms with Crippen molar-refractivity contribution in [1.82, 2.24) is 9.38 Å². The lowest BCUT2D eigenvalue weighted by Gasteiger charge is -2.18. The highest BCUT2D eigenvalue weighted by Crippen LogP contribution is 2.32. The minimum atomic E-state index is -0.0920. The second-order valence-corrected chi connectivity index (χ2v) is 4.86. The summed E-state index contributed by atoms with van der Waals surface area (Å²) >= 11 is 0. The van der Waals surface area contributed by atoms with E-state index in [2.05, 4.69) is 4.98 Å². The number of ether oxygens (including phenoxy) is 2. The molecule has 1 aliphatic heterocycles. The molecule has 0 radical (unpaired) electrons. The molecule has 5 heteroatoms. The van der Waals surface area contributed by atoms with Crippen molar-refractivity contribution in [2.75, 3.05) is 13.2 Å². The summed E-state index contributed by atoms with van der Waals surface area (Å²) in [6.07, 6.45) is 1.79. The van der Waals surface area contributed by atoms with Crippen molar-refractivity contribution in [3.63, 3.8) is 0 Å². The fourth-order valence-electron chi connectivity index (χ4n) is 2.45. The van der Waals surface area contributed by atoms with Crippen LogP contribution in [0, 0.1) is 6.92 Å².